The van der Waals surface area contributed by atoms with Crippen molar-refractivity contribution < 1.29 is 19.5 Å². The molecule has 110 valence electrons. The number of rotatable bonds is 5. The van der Waals surface area contributed by atoms with Crippen molar-refractivity contribution in [1.29, 1.82) is 0 Å². The van der Waals surface area contributed by atoms with E-state index in [9.17, 15) is 14.4 Å². The molecular weight excluding hydrogens is 300 g/mol. The van der Waals surface area contributed by atoms with E-state index in [1.807, 2.05) is 0 Å². The van der Waals surface area contributed by atoms with E-state index in [2.05, 4.69) is 12.6 Å². The number of hydrogen-bond donors (Lipinski definition) is 2. The molecule has 0 radical (unpaired) electrons. The topological polar surface area (TPSA) is 71.4 Å². The zero-order valence-electron chi connectivity index (χ0n) is 11.4. The van der Waals surface area contributed by atoms with Crippen LogP contribution in [0.2, 0.25) is 0 Å². The smallest absolute Gasteiger partial charge is 0.328 e. The van der Waals surface area contributed by atoms with Crippen molar-refractivity contribution in [1.82, 2.24) is 0 Å². The van der Waals surface area contributed by atoms with Crippen LogP contribution in [-0.2, 0) is 4.79 Å². The molecule has 0 atom stereocenters. The minimum absolute atomic E-state index is 0.143. The van der Waals surface area contributed by atoms with Crippen molar-refractivity contribution in [2.75, 3.05) is 0 Å². The fourth-order valence-electron chi connectivity index (χ4n) is 1.88. The Kier molecular flexibility index (Phi) is 4.91. The molecule has 0 aliphatic rings. The molecule has 0 saturated heterocycles. The fraction of sp³-hybridized carbons (Fsp3) is 0. The van der Waals surface area contributed by atoms with Gasteiger partial charge in [0.15, 0.2) is 0 Å². The second-order valence-corrected chi connectivity index (χ2v) is 4.89. The first-order valence-electron chi connectivity index (χ1n) is 6.37. The maximum absolute atomic E-state index is 12.3. The molecule has 4 nitrogen and oxygen atoms in total. The summed E-state index contributed by atoms with van der Waals surface area (Å²) < 4.78 is 0. The maximum atomic E-state index is 12.3. The monoisotopic (exact) mass is 312 g/mol. The third-order valence-corrected chi connectivity index (χ3v) is 3.46. The molecular formula is C17H12O4S. The number of carbonyl (C=O) groups excluding carboxylic acids is 2. The zero-order chi connectivity index (χ0) is 16.1. The average Bonchev–Trinajstić information content (AvgIpc) is 2.53. The largest absolute Gasteiger partial charge is 0.478 e. The van der Waals surface area contributed by atoms with Crippen molar-refractivity contribution >= 4 is 36.2 Å². The Morgan fingerprint density at radius 2 is 1.59 bits per heavy atom. The Bertz CT molecular complexity index is 763. The molecule has 0 heterocycles. The fourth-order valence-corrected chi connectivity index (χ4v) is 2.21. The highest BCUT2D eigenvalue weighted by Gasteiger charge is 2.20. The number of carbonyl (C=O) groups is 3. The Labute approximate surface area is 132 Å². The summed E-state index contributed by atoms with van der Waals surface area (Å²) in [5, 5.41) is 8.65. The summed E-state index contributed by atoms with van der Waals surface area (Å²) in [6, 6.07) is 12.9. The molecule has 0 unspecified atom stereocenters. The molecule has 2 rings (SSSR count). The van der Waals surface area contributed by atoms with Crippen LogP contribution in [0.1, 0.15) is 26.3 Å². The average molecular weight is 312 g/mol. The summed E-state index contributed by atoms with van der Waals surface area (Å²) in [6.45, 7) is 0. The molecule has 2 aromatic carbocycles. The van der Waals surface area contributed by atoms with Crippen LogP contribution in [0.15, 0.2) is 59.5 Å². The Morgan fingerprint density at radius 3 is 2.23 bits per heavy atom. The van der Waals surface area contributed by atoms with E-state index < -0.39 is 17.5 Å². The van der Waals surface area contributed by atoms with Crippen LogP contribution in [0.25, 0.3) is 6.08 Å². The van der Waals surface area contributed by atoms with E-state index in [0.717, 1.165) is 6.08 Å². The standard InChI is InChI=1S/C17H12O4S/c18-14(19)10-9-12-7-4-8-13(17(12)22)16(21)15(20)11-5-2-1-3-6-11/h1-10,22H,(H,18,19). The van der Waals surface area contributed by atoms with E-state index >= 15 is 0 Å². The van der Waals surface area contributed by atoms with Crippen molar-refractivity contribution in [3.8, 4) is 0 Å². The molecule has 0 aliphatic carbocycles. The molecule has 0 saturated carbocycles. The van der Waals surface area contributed by atoms with Crippen LogP contribution in [0.4, 0.5) is 0 Å². The molecule has 22 heavy (non-hydrogen) atoms. The first kappa shape index (κ1) is 15.7. The minimum atomic E-state index is -1.11. The number of thiol groups is 1. The lowest BCUT2D eigenvalue weighted by molar-refractivity contribution is -0.131. The number of carboxylic acid groups (broad SMARTS) is 1. The molecule has 0 spiro atoms. The highest BCUT2D eigenvalue weighted by Crippen LogP contribution is 2.22. The molecule has 0 aromatic heterocycles. The zero-order valence-corrected chi connectivity index (χ0v) is 12.3. The van der Waals surface area contributed by atoms with Crippen LogP contribution in [0.5, 0.6) is 0 Å². The van der Waals surface area contributed by atoms with Crippen LogP contribution >= 0.6 is 12.6 Å². The number of carboxylic acids is 1. The number of aliphatic carboxylic acids is 1. The molecule has 0 fully saturated rings. The van der Waals surface area contributed by atoms with Gasteiger partial charge in [0.1, 0.15) is 0 Å². The van der Waals surface area contributed by atoms with Gasteiger partial charge in [-0.25, -0.2) is 4.79 Å². The second kappa shape index (κ2) is 6.87. The molecule has 0 aliphatic heterocycles. The normalized spacial score (nSPS) is 10.6. The minimum Gasteiger partial charge on any atom is -0.478 e. The van der Waals surface area contributed by atoms with E-state index in [-0.39, 0.29) is 10.5 Å². The van der Waals surface area contributed by atoms with Gasteiger partial charge < -0.3 is 5.11 Å². The molecule has 5 heteroatoms. The van der Waals surface area contributed by atoms with Crippen LogP contribution < -0.4 is 0 Å². The summed E-state index contributed by atoms with van der Waals surface area (Å²) in [6.07, 6.45) is 2.27. The van der Waals surface area contributed by atoms with Gasteiger partial charge in [0.05, 0.1) is 0 Å². The Morgan fingerprint density at radius 1 is 0.909 bits per heavy atom. The molecule has 1 N–H and O–H groups in total. The maximum Gasteiger partial charge on any atom is 0.328 e. The predicted molar refractivity (Wildman–Crippen MR) is 85.5 cm³/mol. The van der Waals surface area contributed by atoms with Gasteiger partial charge in [-0.15, -0.1) is 12.6 Å². The van der Waals surface area contributed by atoms with Crippen molar-refractivity contribution in [2.24, 2.45) is 0 Å². The number of Topliss-reactive ketones (excluding diaryl/α,β-unsaturated/α-hetero) is 2. The summed E-state index contributed by atoms with van der Waals surface area (Å²) in [7, 11) is 0. The third-order valence-electron chi connectivity index (χ3n) is 2.96. The predicted octanol–water partition coefficient (Wildman–Crippen LogP) is 3.14. The van der Waals surface area contributed by atoms with E-state index in [1.165, 1.54) is 12.1 Å². The van der Waals surface area contributed by atoms with E-state index in [1.54, 1.807) is 42.5 Å². The second-order valence-electron chi connectivity index (χ2n) is 4.44. The van der Waals surface area contributed by atoms with Gasteiger partial charge in [0.2, 0.25) is 11.6 Å². The molecule has 2 aromatic rings. The molecule has 0 amide bonds. The van der Waals surface area contributed by atoms with Gasteiger partial charge in [0.25, 0.3) is 0 Å². The van der Waals surface area contributed by atoms with Gasteiger partial charge in [0, 0.05) is 22.1 Å². The summed E-state index contributed by atoms with van der Waals surface area (Å²) in [5.41, 5.74) is 0.897. The first-order chi connectivity index (χ1) is 10.5. The lowest BCUT2D eigenvalue weighted by atomic mass is 9.99. The number of hydrogen-bond acceptors (Lipinski definition) is 4. The van der Waals surface area contributed by atoms with Crippen molar-refractivity contribution in [2.45, 2.75) is 4.90 Å². The number of ketones is 2. The van der Waals surface area contributed by atoms with E-state index in [4.69, 9.17) is 5.11 Å². The third kappa shape index (κ3) is 3.51. The SMILES string of the molecule is O=C(O)C=Cc1cccc(C(=O)C(=O)c2ccccc2)c1S. The Hall–Kier alpha value is -2.66. The highest BCUT2D eigenvalue weighted by molar-refractivity contribution is 7.80. The van der Waals surface area contributed by atoms with Crippen LogP contribution in [0.3, 0.4) is 0 Å². The van der Waals surface area contributed by atoms with Crippen LogP contribution in [0, 0.1) is 0 Å². The van der Waals surface area contributed by atoms with Crippen molar-refractivity contribution in [3.05, 3.63) is 71.3 Å². The van der Waals surface area contributed by atoms with Crippen LogP contribution in [-0.4, -0.2) is 22.6 Å². The van der Waals surface area contributed by atoms with E-state index in [0.29, 0.717) is 11.1 Å². The van der Waals surface area contributed by atoms with Gasteiger partial charge in [-0.2, -0.15) is 0 Å². The summed E-state index contributed by atoms with van der Waals surface area (Å²) >= 11 is 4.24. The first-order valence-corrected chi connectivity index (χ1v) is 6.82. The highest BCUT2D eigenvalue weighted by atomic mass is 32.1. The van der Waals surface area contributed by atoms with Gasteiger partial charge >= 0.3 is 5.97 Å². The lowest BCUT2D eigenvalue weighted by Crippen LogP contribution is -2.15. The van der Waals surface area contributed by atoms with Gasteiger partial charge in [-0.1, -0.05) is 42.5 Å². The number of benzene rings is 2. The molecule has 0 bridgehead atoms. The van der Waals surface area contributed by atoms with Gasteiger partial charge in [-0.05, 0) is 17.7 Å². The Balaban J connectivity index is 2.37. The lowest BCUT2D eigenvalue weighted by Gasteiger charge is -2.06. The summed E-state index contributed by atoms with van der Waals surface area (Å²) in [4.78, 5) is 35.3. The van der Waals surface area contributed by atoms with Crippen molar-refractivity contribution in [3.63, 3.8) is 0 Å². The van der Waals surface area contributed by atoms with Gasteiger partial charge in [-0.3, -0.25) is 9.59 Å². The quantitative estimate of drug-likeness (QED) is 0.385. The summed E-state index contributed by atoms with van der Waals surface area (Å²) in [5.74, 6) is -2.41.